The van der Waals surface area contributed by atoms with E-state index in [1.54, 1.807) is 12.1 Å². The van der Waals surface area contributed by atoms with Gasteiger partial charge in [-0.05, 0) is 24.1 Å². The number of aliphatic hydroxyl groups is 1. The van der Waals surface area contributed by atoms with Crippen LogP contribution in [0.1, 0.15) is 19.4 Å². The Morgan fingerprint density at radius 1 is 1.30 bits per heavy atom. The monoisotopic (exact) mass is 335 g/mol. The van der Waals surface area contributed by atoms with Crippen LogP contribution < -0.4 is 0 Å². The molecule has 2 aromatic heterocycles. The maximum atomic E-state index is 13.2. The largest absolute Gasteiger partial charge is 0.480 e. The normalized spacial score (nSPS) is 12.7. The third-order valence-electron chi connectivity index (χ3n) is 3.83. The number of aliphatic hydroxyl groups excluding tert-OH is 1. The Balaban J connectivity index is 2.36. The molecule has 0 unspecified atom stereocenters. The van der Waals surface area contributed by atoms with Gasteiger partial charge in [0.05, 0.1) is 17.7 Å². The molecule has 0 saturated carbocycles. The van der Waals surface area contributed by atoms with E-state index in [4.69, 9.17) is 11.6 Å². The quantitative estimate of drug-likeness (QED) is 0.765. The molecule has 0 bridgehead atoms. The van der Waals surface area contributed by atoms with Gasteiger partial charge in [-0.1, -0.05) is 30.7 Å². The zero-order valence-corrected chi connectivity index (χ0v) is 13.1. The summed E-state index contributed by atoms with van der Waals surface area (Å²) in [6.07, 6.45) is 2.03. The van der Waals surface area contributed by atoms with E-state index in [-0.39, 0.29) is 24.5 Å². The van der Waals surface area contributed by atoms with Crippen molar-refractivity contribution in [1.82, 2.24) is 14.5 Å². The first-order chi connectivity index (χ1) is 11.1. The van der Waals surface area contributed by atoms with Crippen LogP contribution in [0.5, 0.6) is 6.01 Å². The number of benzene rings is 1. The number of pyridine rings is 1. The summed E-state index contributed by atoms with van der Waals surface area (Å²) in [6.45, 7) is 1.73. The summed E-state index contributed by atoms with van der Waals surface area (Å²) in [7, 11) is 0. The zero-order valence-electron chi connectivity index (χ0n) is 12.4. The van der Waals surface area contributed by atoms with Gasteiger partial charge in [-0.25, -0.2) is 9.37 Å². The molecular formula is C16H15ClFN3O2. The Labute approximate surface area is 137 Å². The van der Waals surface area contributed by atoms with E-state index in [0.29, 0.717) is 33.7 Å². The Bertz CT molecular complexity index is 845. The maximum absolute atomic E-state index is 13.2. The summed E-state index contributed by atoms with van der Waals surface area (Å²) >= 11 is 6.31. The van der Waals surface area contributed by atoms with Crippen LogP contribution in [0.25, 0.3) is 22.3 Å². The van der Waals surface area contributed by atoms with Crippen molar-refractivity contribution >= 4 is 22.8 Å². The van der Waals surface area contributed by atoms with E-state index in [1.165, 1.54) is 22.9 Å². The van der Waals surface area contributed by atoms with Gasteiger partial charge in [0, 0.05) is 11.8 Å². The van der Waals surface area contributed by atoms with Crippen molar-refractivity contribution in [3.8, 4) is 17.1 Å². The molecule has 1 aromatic carbocycles. The van der Waals surface area contributed by atoms with Crippen molar-refractivity contribution in [2.75, 3.05) is 6.61 Å². The molecule has 7 heteroatoms. The second-order valence-corrected chi connectivity index (χ2v) is 5.59. The third-order valence-corrected chi connectivity index (χ3v) is 4.12. The van der Waals surface area contributed by atoms with Gasteiger partial charge < -0.3 is 10.2 Å². The number of aromatic nitrogens is 3. The number of hydrogen-bond donors (Lipinski definition) is 2. The number of aromatic hydroxyl groups is 1. The van der Waals surface area contributed by atoms with Crippen molar-refractivity contribution in [2.24, 2.45) is 0 Å². The molecule has 2 heterocycles. The van der Waals surface area contributed by atoms with Gasteiger partial charge >= 0.3 is 0 Å². The molecular weight excluding hydrogens is 321 g/mol. The SMILES string of the molecule is CC[C@H](CO)n1c(O)nc2ncc(Cl)c(-c3ccc(F)cc3)c21. The fourth-order valence-electron chi connectivity index (χ4n) is 2.66. The van der Waals surface area contributed by atoms with Crippen LogP contribution in [-0.4, -0.2) is 31.4 Å². The lowest BCUT2D eigenvalue weighted by molar-refractivity contribution is 0.216. The van der Waals surface area contributed by atoms with E-state index < -0.39 is 0 Å². The zero-order chi connectivity index (χ0) is 16.6. The summed E-state index contributed by atoms with van der Waals surface area (Å²) in [5, 5.41) is 20.1. The van der Waals surface area contributed by atoms with Gasteiger partial charge in [0.1, 0.15) is 11.3 Å². The summed E-state index contributed by atoms with van der Waals surface area (Å²) < 4.78 is 14.7. The summed E-state index contributed by atoms with van der Waals surface area (Å²) in [5.41, 5.74) is 2.11. The standard InChI is InChI=1S/C16H15ClFN3O2/c1-2-11(8-22)21-14-13(9-3-5-10(18)6-4-9)12(17)7-19-15(14)20-16(21)23/h3-7,11,22H,2,8H2,1H3,(H,19,20,23)/t11-/m1/s1. The lowest BCUT2D eigenvalue weighted by atomic mass is 10.1. The first-order valence-electron chi connectivity index (χ1n) is 7.19. The van der Waals surface area contributed by atoms with E-state index in [1.807, 2.05) is 6.92 Å². The van der Waals surface area contributed by atoms with Gasteiger partial charge in [0.25, 0.3) is 6.01 Å². The van der Waals surface area contributed by atoms with Crippen LogP contribution in [0.4, 0.5) is 4.39 Å². The lowest BCUT2D eigenvalue weighted by Gasteiger charge is -2.17. The third kappa shape index (κ3) is 2.64. The van der Waals surface area contributed by atoms with Crippen molar-refractivity contribution < 1.29 is 14.6 Å². The van der Waals surface area contributed by atoms with Crippen LogP contribution in [0, 0.1) is 5.82 Å². The van der Waals surface area contributed by atoms with E-state index in [2.05, 4.69) is 9.97 Å². The minimum atomic E-state index is -0.362. The fourth-order valence-corrected chi connectivity index (χ4v) is 2.90. The predicted octanol–water partition coefficient (Wildman–Crippen LogP) is 3.54. The average molecular weight is 336 g/mol. The molecule has 1 atom stereocenters. The minimum Gasteiger partial charge on any atom is -0.480 e. The first-order valence-corrected chi connectivity index (χ1v) is 7.56. The van der Waals surface area contributed by atoms with Gasteiger partial charge in [-0.2, -0.15) is 4.98 Å². The van der Waals surface area contributed by atoms with Crippen molar-refractivity contribution in [1.29, 1.82) is 0 Å². The van der Waals surface area contributed by atoms with Crippen molar-refractivity contribution in [3.63, 3.8) is 0 Å². The highest BCUT2D eigenvalue weighted by Crippen LogP contribution is 2.37. The Morgan fingerprint density at radius 3 is 2.61 bits per heavy atom. The van der Waals surface area contributed by atoms with E-state index >= 15 is 0 Å². The molecule has 0 amide bonds. The second kappa shape index (κ2) is 6.14. The molecule has 3 aromatic rings. The molecule has 3 rings (SSSR count). The van der Waals surface area contributed by atoms with Crippen LogP contribution in [-0.2, 0) is 0 Å². The van der Waals surface area contributed by atoms with Gasteiger partial charge in [-0.3, -0.25) is 4.57 Å². The Kier molecular flexibility index (Phi) is 4.19. The minimum absolute atomic E-state index is 0.162. The average Bonchev–Trinajstić information content (AvgIpc) is 2.87. The second-order valence-electron chi connectivity index (χ2n) is 5.19. The fraction of sp³-hybridized carbons (Fsp3) is 0.250. The number of rotatable bonds is 4. The highest BCUT2D eigenvalue weighted by Gasteiger charge is 2.22. The van der Waals surface area contributed by atoms with Crippen molar-refractivity contribution in [2.45, 2.75) is 19.4 Å². The predicted molar refractivity (Wildman–Crippen MR) is 86.0 cm³/mol. The van der Waals surface area contributed by atoms with Crippen LogP contribution in [0.15, 0.2) is 30.5 Å². The van der Waals surface area contributed by atoms with Crippen molar-refractivity contribution in [3.05, 3.63) is 41.3 Å². The molecule has 0 aliphatic carbocycles. The molecule has 0 saturated heterocycles. The van der Waals surface area contributed by atoms with Crippen LogP contribution in [0.3, 0.4) is 0 Å². The van der Waals surface area contributed by atoms with Gasteiger partial charge in [0.15, 0.2) is 5.65 Å². The Hall–Kier alpha value is -2.18. The molecule has 0 aliphatic heterocycles. The van der Waals surface area contributed by atoms with Crippen LogP contribution >= 0.6 is 11.6 Å². The van der Waals surface area contributed by atoms with E-state index in [0.717, 1.165) is 0 Å². The topological polar surface area (TPSA) is 71.2 Å². The highest BCUT2D eigenvalue weighted by atomic mass is 35.5. The molecule has 120 valence electrons. The molecule has 0 fully saturated rings. The maximum Gasteiger partial charge on any atom is 0.296 e. The van der Waals surface area contributed by atoms with Gasteiger partial charge in [0.2, 0.25) is 0 Å². The lowest BCUT2D eigenvalue weighted by Crippen LogP contribution is -2.12. The number of halogens is 2. The molecule has 0 radical (unpaired) electrons. The highest BCUT2D eigenvalue weighted by molar-refractivity contribution is 6.34. The summed E-state index contributed by atoms with van der Waals surface area (Å²) in [5.74, 6) is -0.353. The summed E-state index contributed by atoms with van der Waals surface area (Å²) in [6, 6.07) is 5.27. The molecule has 5 nitrogen and oxygen atoms in total. The molecule has 23 heavy (non-hydrogen) atoms. The number of imidazole rings is 1. The van der Waals surface area contributed by atoms with E-state index in [9.17, 15) is 14.6 Å². The smallest absolute Gasteiger partial charge is 0.296 e. The number of hydrogen-bond acceptors (Lipinski definition) is 4. The molecule has 0 spiro atoms. The van der Waals surface area contributed by atoms with Crippen LogP contribution in [0.2, 0.25) is 5.02 Å². The summed E-state index contributed by atoms with van der Waals surface area (Å²) in [4.78, 5) is 8.18. The Morgan fingerprint density at radius 2 is 2.00 bits per heavy atom. The first kappa shape index (κ1) is 15.7. The van der Waals surface area contributed by atoms with Gasteiger partial charge in [-0.15, -0.1) is 0 Å². The number of fused-ring (bicyclic) bond motifs is 1. The number of nitrogens with zero attached hydrogens (tertiary/aromatic N) is 3. The molecule has 0 aliphatic rings. The molecule has 2 N–H and O–H groups in total.